The monoisotopic (exact) mass is 288 g/mol. The molecule has 0 N–H and O–H groups in total. The maximum absolute atomic E-state index is 12.7. The number of carbonyl (C=O) groups excluding carboxylic acids is 1. The first kappa shape index (κ1) is 14.5. The van der Waals surface area contributed by atoms with E-state index >= 15 is 0 Å². The fourth-order valence-corrected chi connectivity index (χ4v) is 3.70. The summed E-state index contributed by atoms with van der Waals surface area (Å²) in [6.45, 7) is 3.79. The van der Waals surface area contributed by atoms with E-state index < -0.39 is 0 Å². The van der Waals surface area contributed by atoms with Gasteiger partial charge in [-0.25, -0.2) is 5.01 Å². The number of benzene rings is 1. The molecule has 0 bridgehead atoms. The van der Waals surface area contributed by atoms with E-state index in [1.54, 1.807) is 7.11 Å². The van der Waals surface area contributed by atoms with Crippen LogP contribution in [0.3, 0.4) is 0 Å². The van der Waals surface area contributed by atoms with Gasteiger partial charge in [-0.3, -0.25) is 9.80 Å². The fourth-order valence-electron chi connectivity index (χ4n) is 3.70. The molecule has 4 nitrogen and oxygen atoms in total. The number of ether oxygens (including phenoxy) is 1. The lowest BCUT2D eigenvalue weighted by Crippen LogP contribution is -2.50. The van der Waals surface area contributed by atoms with Crippen molar-refractivity contribution in [1.82, 2.24) is 10.0 Å². The van der Waals surface area contributed by atoms with Crippen LogP contribution in [0.5, 0.6) is 0 Å². The Morgan fingerprint density at radius 3 is 2.90 bits per heavy atom. The summed E-state index contributed by atoms with van der Waals surface area (Å²) in [5.74, 6) is 0.238. The maximum Gasteiger partial charge on any atom is 0.237 e. The lowest BCUT2D eigenvalue weighted by Gasteiger charge is -2.39. The van der Waals surface area contributed by atoms with Crippen molar-refractivity contribution in [2.45, 2.75) is 44.7 Å². The smallest absolute Gasteiger partial charge is 0.237 e. The highest BCUT2D eigenvalue weighted by atomic mass is 16.5. The van der Waals surface area contributed by atoms with Crippen molar-refractivity contribution in [3.8, 4) is 0 Å². The van der Waals surface area contributed by atoms with Crippen LogP contribution >= 0.6 is 0 Å². The van der Waals surface area contributed by atoms with E-state index in [9.17, 15) is 4.79 Å². The molecule has 1 saturated heterocycles. The SMILES string of the molecule is COC[C@@H]1CCCN1N1C(=O)CCc2ccccc2[C@H]1C. The van der Waals surface area contributed by atoms with E-state index in [1.165, 1.54) is 11.1 Å². The number of carbonyl (C=O) groups is 1. The van der Waals surface area contributed by atoms with Crippen LogP contribution in [0.2, 0.25) is 0 Å². The van der Waals surface area contributed by atoms with Gasteiger partial charge < -0.3 is 4.74 Å². The third kappa shape index (κ3) is 2.70. The number of amides is 1. The van der Waals surface area contributed by atoms with Gasteiger partial charge in [0.25, 0.3) is 0 Å². The molecule has 1 aromatic rings. The predicted molar refractivity (Wildman–Crippen MR) is 81.6 cm³/mol. The molecule has 1 amide bonds. The molecule has 0 aliphatic carbocycles. The first-order valence-corrected chi connectivity index (χ1v) is 7.87. The lowest BCUT2D eigenvalue weighted by atomic mass is 10.00. The Morgan fingerprint density at radius 1 is 1.29 bits per heavy atom. The summed E-state index contributed by atoms with van der Waals surface area (Å²) in [6.07, 6.45) is 3.67. The summed E-state index contributed by atoms with van der Waals surface area (Å²) in [7, 11) is 1.74. The third-order valence-corrected chi connectivity index (χ3v) is 4.72. The summed E-state index contributed by atoms with van der Waals surface area (Å²) >= 11 is 0. The van der Waals surface area contributed by atoms with Crippen molar-refractivity contribution in [3.63, 3.8) is 0 Å². The molecular weight excluding hydrogens is 264 g/mol. The normalized spacial score (nSPS) is 26.8. The number of rotatable bonds is 3. The second kappa shape index (κ2) is 6.16. The number of fused-ring (bicyclic) bond motifs is 1. The van der Waals surface area contributed by atoms with Crippen molar-refractivity contribution >= 4 is 5.91 Å². The molecule has 1 fully saturated rings. The first-order chi connectivity index (χ1) is 10.2. The quantitative estimate of drug-likeness (QED) is 0.857. The van der Waals surface area contributed by atoms with Crippen molar-refractivity contribution in [3.05, 3.63) is 35.4 Å². The molecule has 0 radical (unpaired) electrons. The molecule has 114 valence electrons. The summed E-state index contributed by atoms with van der Waals surface area (Å²) in [5.41, 5.74) is 2.59. The van der Waals surface area contributed by atoms with E-state index in [0.717, 1.165) is 25.8 Å². The Hall–Kier alpha value is -1.39. The average Bonchev–Trinajstić information content (AvgIpc) is 2.89. The summed E-state index contributed by atoms with van der Waals surface area (Å²) in [6, 6.07) is 8.88. The maximum atomic E-state index is 12.7. The largest absolute Gasteiger partial charge is 0.383 e. The van der Waals surface area contributed by atoms with E-state index in [1.807, 2.05) is 5.01 Å². The molecule has 21 heavy (non-hydrogen) atoms. The molecule has 2 heterocycles. The molecular formula is C17H24N2O2. The third-order valence-electron chi connectivity index (χ3n) is 4.72. The van der Waals surface area contributed by atoms with Crippen LogP contribution in [-0.2, 0) is 16.0 Å². The standard InChI is InChI=1S/C17H24N2O2/c1-13-16-8-4-3-6-14(16)9-10-17(20)19(13)18-11-5-7-15(18)12-21-2/h3-4,6,8,13,15H,5,7,9-12H2,1-2H3/t13-,15+/m1/s1. The van der Waals surface area contributed by atoms with Gasteiger partial charge in [-0.15, -0.1) is 0 Å². The molecule has 0 spiro atoms. The summed E-state index contributed by atoms with van der Waals surface area (Å²) in [4.78, 5) is 12.7. The molecule has 2 aliphatic rings. The fraction of sp³-hybridized carbons (Fsp3) is 0.588. The van der Waals surface area contributed by atoms with Crippen LogP contribution in [-0.4, -0.2) is 42.2 Å². The van der Waals surface area contributed by atoms with E-state index in [-0.39, 0.29) is 11.9 Å². The van der Waals surface area contributed by atoms with Gasteiger partial charge in [0.2, 0.25) is 5.91 Å². The van der Waals surface area contributed by atoms with Gasteiger partial charge in [-0.1, -0.05) is 24.3 Å². The minimum absolute atomic E-state index is 0.105. The van der Waals surface area contributed by atoms with Crippen molar-refractivity contribution in [1.29, 1.82) is 0 Å². The molecule has 1 aromatic carbocycles. The van der Waals surface area contributed by atoms with Gasteiger partial charge in [0.15, 0.2) is 0 Å². The number of hydrogen-bond acceptors (Lipinski definition) is 3. The summed E-state index contributed by atoms with van der Waals surface area (Å²) in [5, 5.41) is 4.25. The number of methoxy groups -OCH3 is 1. The Balaban J connectivity index is 1.91. The van der Waals surface area contributed by atoms with Crippen LogP contribution in [0.4, 0.5) is 0 Å². The van der Waals surface area contributed by atoms with Crippen LogP contribution in [0, 0.1) is 0 Å². The molecule has 4 heteroatoms. The Kier molecular flexibility index (Phi) is 4.27. The lowest BCUT2D eigenvalue weighted by molar-refractivity contribution is -0.158. The van der Waals surface area contributed by atoms with Crippen LogP contribution in [0.15, 0.2) is 24.3 Å². The molecule has 3 rings (SSSR count). The molecule has 0 unspecified atom stereocenters. The molecule has 0 aromatic heterocycles. The molecule has 0 saturated carbocycles. The average molecular weight is 288 g/mol. The van der Waals surface area contributed by atoms with Gasteiger partial charge in [0, 0.05) is 20.1 Å². The van der Waals surface area contributed by atoms with Crippen molar-refractivity contribution < 1.29 is 9.53 Å². The predicted octanol–water partition coefficient (Wildman–Crippen LogP) is 2.55. The minimum Gasteiger partial charge on any atom is -0.383 e. The minimum atomic E-state index is 0.105. The Bertz CT molecular complexity index is 517. The zero-order valence-corrected chi connectivity index (χ0v) is 12.9. The molecule has 2 aliphatic heterocycles. The first-order valence-electron chi connectivity index (χ1n) is 7.87. The topological polar surface area (TPSA) is 32.8 Å². The molecule has 2 atom stereocenters. The highest BCUT2D eigenvalue weighted by molar-refractivity contribution is 5.77. The zero-order chi connectivity index (χ0) is 14.8. The number of hydrogen-bond donors (Lipinski definition) is 0. The van der Waals surface area contributed by atoms with E-state index in [4.69, 9.17) is 4.74 Å². The van der Waals surface area contributed by atoms with Crippen LogP contribution in [0.1, 0.15) is 43.4 Å². The Morgan fingerprint density at radius 2 is 2.10 bits per heavy atom. The van der Waals surface area contributed by atoms with Crippen LogP contribution < -0.4 is 0 Å². The van der Waals surface area contributed by atoms with E-state index in [0.29, 0.717) is 19.1 Å². The zero-order valence-electron chi connectivity index (χ0n) is 12.9. The van der Waals surface area contributed by atoms with Crippen molar-refractivity contribution in [2.24, 2.45) is 0 Å². The van der Waals surface area contributed by atoms with Crippen molar-refractivity contribution in [2.75, 3.05) is 20.3 Å². The highest BCUT2D eigenvalue weighted by Crippen LogP contribution is 2.33. The second-order valence-corrected chi connectivity index (χ2v) is 6.03. The van der Waals surface area contributed by atoms with Gasteiger partial charge in [0.05, 0.1) is 18.7 Å². The Labute approximate surface area is 126 Å². The number of aryl methyl sites for hydroxylation is 1. The highest BCUT2D eigenvalue weighted by Gasteiger charge is 2.37. The van der Waals surface area contributed by atoms with Gasteiger partial charge >= 0.3 is 0 Å². The number of hydrazine groups is 1. The number of nitrogens with zero attached hydrogens (tertiary/aromatic N) is 2. The second-order valence-electron chi connectivity index (χ2n) is 6.03. The van der Waals surface area contributed by atoms with Crippen LogP contribution in [0.25, 0.3) is 0 Å². The van der Waals surface area contributed by atoms with Gasteiger partial charge in [0.1, 0.15) is 0 Å². The van der Waals surface area contributed by atoms with E-state index in [2.05, 4.69) is 36.2 Å². The van der Waals surface area contributed by atoms with Gasteiger partial charge in [-0.05, 0) is 37.3 Å². The van der Waals surface area contributed by atoms with Gasteiger partial charge in [-0.2, -0.15) is 0 Å². The summed E-state index contributed by atoms with van der Waals surface area (Å²) < 4.78 is 5.34.